The van der Waals surface area contributed by atoms with Gasteiger partial charge in [-0.25, -0.2) is 4.98 Å². The van der Waals surface area contributed by atoms with E-state index in [2.05, 4.69) is 9.88 Å². The van der Waals surface area contributed by atoms with Crippen molar-refractivity contribution in [2.75, 3.05) is 26.2 Å². The van der Waals surface area contributed by atoms with Gasteiger partial charge in [-0.15, -0.1) is 11.3 Å². The van der Waals surface area contributed by atoms with Crippen LogP contribution in [-0.4, -0.2) is 57.6 Å². The highest BCUT2D eigenvalue weighted by atomic mass is 32.1. The summed E-state index contributed by atoms with van der Waals surface area (Å²) >= 11 is 1.50. The van der Waals surface area contributed by atoms with Crippen LogP contribution in [0.15, 0.2) is 18.2 Å². The Bertz CT molecular complexity index is 979. The Morgan fingerprint density at radius 1 is 1.24 bits per heavy atom. The molecule has 9 heteroatoms. The number of nitrogens with zero attached hydrogens (tertiary/aromatic N) is 4. The van der Waals surface area contributed by atoms with Crippen LogP contribution < -0.4 is 0 Å². The van der Waals surface area contributed by atoms with E-state index in [1.165, 1.54) is 17.4 Å². The number of Topliss-reactive ketones (excluding diaryl/α,β-unsaturated/α-hetero) is 1. The molecule has 152 valence electrons. The van der Waals surface area contributed by atoms with Crippen molar-refractivity contribution < 1.29 is 14.5 Å². The molecule has 1 saturated heterocycles. The second kappa shape index (κ2) is 8.00. The van der Waals surface area contributed by atoms with Crippen molar-refractivity contribution in [2.45, 2.75) is 32.7 Å². The van der Waals surface area contributed by atoms with E-state index in [4.69, 9.17) is 0 Å². The minimum atomic E-state index is -0.456. The molecule has 1 aromatic heterocycles. The maximum atomic E-state index is 12.9. The fourth-order valence-electron chi connectivity index (χ4n) is 3.91. The summed E-state index contributed by atoms with van der Waals surface area (Å²) in [4.78, 5) is 45.0. The lowest BCUT2D eigenvalue weighted by Crippen LogP contribution is -2.48. The van der Waals surface area contributed by atoms with E-state index < -0.39 is 4.92 Å². The molecular weight excluding hydrogens is 392 g/mol. The molecule has 1 aromatic carbocycles. The van der Waals surface area contributed by atoms with Gasteiger partial charge in [0.05, 0.1) is 22.0 Å². The summed E-state index contributed by atoms with van der Waals surface area (Å²) in [5.74, 6) is 0.0406. The number of benzene rings is 1. The molecule has 1 amide bonds. The van der Waals surface area contributed by atoms with Gasteiger partial charge < -0.3 is 4.90 Å². The first-order valence-electron chi connectivity index (χ1n) is 9.71. The number of piperazine rings is 1. The average Bonchev–Trinajstić information content (AvgIpc) is 3.12. The van der Waals surface area contributed by atoms with Crippen molar-refractivity contribution in [3.05, 3.63) is 55.0 Å². The molecule has 0 N–H and O–H groups in total. The number of thiazole rings is 1. The van der Waals surface area contributed by atoms with Gasteiger partial charge in [0.15, 0.2) is 5.78 Å². The molecule has 2 aromatic rings. The standard InChI is InChI=1S/C20H22N4O4S/c1-13-14(4-2-6-16(13)24(27)28)20(26)23-10-8-22(9-11-23)12-18-21-15-5-3-7-17(25)19(15)29-18/h2,4,6H,3,5,7-12H2,1H3. The summed E-state index contributed by atoms with van der Waals surface area (Å²) in [5.41, 5.74) is 1.70. The molecule has 1 aliphatic carbocycles. The Hall–Kier alpha value is -2.65. The van der Waals surface area contributed by atoms with Gasteiger partial charge in [-0.1, -0.05) is 6.07 Å². The van der Waals surface area contributed by atoms with E-state index in [-0.39, 0.29) is 17.4 Å². The van der Waals surface area contributed by atoms with Crippen molar-refractivity contribution in [3.8, 4) is 0 Å². The Kier molecular flexibility index (Phi) is 5.42. The number of aryl methyl sites for hydroxylation is 1. The largest absolute Gasteiger partial charge is 0.336 e. The summed E-state index contributed by atoms with van der Waals surface area (Å²) in [6, 6.07) is 4.62. The number of aromatic nitrogens is 1. The third kappa shape index (κ3) is 3.92. The zero-order valence-corrected chi connectivity index (χ0v) is 17.0. The number of nitro groups is 1. The molecule has 0 unspecified atom stereocenters. The molecule has 0 saturated carbocycles. The minimum Gasteiger partial charge on any atom is -0.336 e. The van der Waals surface area contributed by atoms with E-state index >= 15 is 0 Å². The predicted octanol–water partition coefficient (Wildman–Crippen LogP) is 2.84. The lowest BCUT2D eigenvalue weighted by atomic mass is 10.0. The maximum Gasteiger partial charge on any atom is 0.273 e. The Morgan fingerprint density at radius 2 is 2.00 bits per heavy atom. The summed E-state index contributed by atoms with van der Waals surface area (Å²) < 4.78 is 0. The van der Waals surface area contributed by atoms with Gasteiger partial charge in [0.2, 0.25) is 0 Å². The first kappa shape index (κ1) is 19.7. The molecule has 0 bridgehead atoms. The highest BCUT2D eigenvalue weighted by Crippen LogP contribution is 2.28. The molecule has 1 fully saturated rings. The fourth-order valence-corrected chi connectivity index (χ4v) is 5.03. The monoisotopic (exact) mass is 414 g/mol. The van der Waals surface area contributed by atoms with E-state index in [9.17, 15) is 19.7 Å². The molecule has 0 atom stereocenters. The molecular formula is C20H22N4O4S. The average molecular weight is 414 g/mol. The molecule has 0 spiro atoms. The fraction of sp³-hybridized carbons (Fsp3) is 0.450. The van der Waals surface area contributed by atoms with E-state index in [1.54, 1.807) is 24.0 Å². The normalized spacial score (nSPS) is 17.3. The zero-order chi connectivity index (χ0) is 20.5. The van der Waals surface area contributed by atoms with Gasteiger partial charge in [0.25, 0.3) is 11.6 Å². The third-order valence-electron chi connectivity index (χ3n) is 5.56. The van der Waals surface area contributed by atoms with Gasteiger partial charge in [0.1, 0.15) is 5.01 Å². The highest BCUT2D eigenvalue weighted by Gasteiger charge is 2.27. The molecule has 0 radical (unpaired) electrons. The summed E-state index contributed by atoms with van der Waals surface area (Å²) in [5, 5.41) is 12.1. The van der Waals surface area contributed by atoms with E-state index in [1.807, 2.05) is 0 Å². The van der Waals surface area contributed by atoms with Crippen LogP contribution in [0, 0.1) is 17.0 Å². The van der Waals surface area contributed by atoms with Crippen molar-refractivity contribution in [1.82, 2.24) is 14.8 Å². The highest BCUT2D eigenvalue weighted by molar-refractivity contribution is 7.13. The molecule has 2 aliphatic rings. The topological polar surface area (TPSA) is 96.7 Å². The number of nitro benzene ring substituents is 1. The number of amides is 1. The summed E-state index contributed by atoms with van der Waals surface area (Å²) in [6.45, 7) is 4.84. The number of rotatable bonds is 4. The third-order valence-corrected chi connectivity index (χ3v) is 6.69. The molecule has 29 heavy (non-hydrogen) atoms. The van der Waals surface area contributed by atoms with Crippen LogP contribution in [0.25, 0.3) is 0 Å². The first-order chi connectivity index (χ1) is 13.9. The minimum absolute atomic E-state index is 0.0308. The Morgan fingerprint density at radius 3 is 2.69 bits per heavy atom. The summed E-state index contributed by atoms with van der Waals surface area (Å²) in [6.07, 6.45) is 2.38. The van der Waals surface area contributed by atoms with Crippen LogP contribution >= 0.6 is 11.3 Å². The molecule has 8 nitrogen and oxygen atoms in total. The van der Waals surface area contributed by atoms with Gasteiger partial charge >= 0.3 is 0 Å². The number of carbonyl (C=O) groups excluding carboxylic acids is 2. The molecule has 1 aliphatic heterocycles. The van der Waals surface area contributed by atoms with Crippen LogP contribution in [0.4, 0.5) is 5.69 Å². The van der Waals surface area contributed by atoms with Crippen molar-refractivity contribution in [3.63, 3.8) is 0 Å². The zero-order valence-electron chi connectivity index (χ0n) is 16.2. The van der Waals surface area contributed by atoms with Crippen LogP contribution in [0.1, 0.15) is 49.1 Å². The number of ketones is 1. The predicted molar refractivity (Wildman–Crippen MR) is 108 cm³/mol. The van der Waals surface area contributed by atoms with Crippen LogP contribution in [-0.2, 0) is 13.0 Å². The lowest BCUT2D eigenvalue weighted by molar-refractivity contribution is -0.385. The quantitative estimate of drug-likeness (QED) is 0.564. The second-order valence-electron chi connectivity index (χ2n) is 7.44. The number of fused-ring (bicyclic) bond motifs is 1. The molecule has 2 heterocycles. The van der Waals surface area contributed by atoms with Crippen molar-refractivity contribution >= 4 is 28.7 Å². The van der Waals surface area contributed by atoms with E-state index in [0.29, 0.717) is 50.3 Å². The van der Waals surface area contributed by atoms with Gasteiger partial charge in [0, 0.05) is 49.8 Å². The lowest BCUT2D eigenvalue weighted by Gasteiger charge is -2.34. The summed E-state index contributed by atoms with van der Waals surface area (Å²) in [7, 11) is 0. The Balaban J connectivity index is 1.39. The van der Waals surface area contributed by atoms with Crippen molar-refractivity contribution in [2.24, 2.45) is 0 Å². The van der Waals surface area contributed by atoms with Crippen LogP contribution in [0.2, 0.25) is 0 Å². The number of hydrogen-bond donors (Lipinski definition) is 0. The second-order valence-corrected chi connectivity index (χ2v) is 8.52. The Labute approximate surface area is 172 Å². The number of carbonyl (C=O) groups is 2. The number of hydrogen-bond acceptors (Lipinski definition) is 7. The van der Waals surface area contributed by atoms with Gasteiger partial charge in [-0.3, -0.25) is 24.6 Å². The van der Waals surface area contributed by atoms with Crippen LogP contribution in [0.5, 0.6) is 0 Å². The van der Waals surface area contributed by atoms with Gasteiger partial charge in [-0.05, 0) is 25.8 Å². The van der Waals surface area contributed by atoms with E-state index in [0.717, 1.165) is 28.4 Å². The SMILES string of the molecule is Cc1c(C(=O)N2CCN(Cc3nc4c(s3)C(=O)CCC4)CC2)cccc1[N+](=O)[O-]. The maximum absolute atomic E-state index is 12.9. The smallest absolute Gasteiger partial charge is 0.273 e. The van der Waals surface area contributed by atoms with Crippen molar-refractivity contribution in [1.29, 1.82) is 0 Å². The van der Waals surface area contributed by atoms with Gasteiger partial charge in [-0.2, -0.15) is 0 Å². The molecule has 4 rings (SSSR count). The van der Waals surface area contributed by atoms with Crippen LogP contribution in [0.3, 0.4) is 0 Å². The first-order valence-corrected chi connectivity index (χ1v) is 10.5.